The van der Waals surface area contributed by atoms with Crippen LogP contribution in [-0.4, -0.2) is 30.2 Å². The molecule has 1 atom stereocenters. The second kappa shape index (κ2) is 11.5. The summed E-state index contributed by atoms with van der Waals surface area (Å²) in [7, 11) is 0. The molecule has 1 N–H and O–H groups in total. The Morgan fingerprint density at radius 3 is 2.28 bits per heavy atom. The molecule has 2 aromatic rings. The zero-order valence-electron chi connectivity index (χ0n) is 18.7. The van der Waals surface area contributed by atoms with Crippen LogP contribution in [0.4, 0.5) is 13.2 Å². The number of carbonyl (C=O) groups is 1. The van der Waals surface area contributed by atoms with Gasteiger partial charge in [0, 0.05) is 13.0 Å². The van der Waals surface area contributed by atoms with E-state index in [1.807, 2.05) is 6.07 Å². The predicted octanol–water partition coefficient (Wildman–Crippen LogP) is 6.70. The predicted molar refractivity (Wildman–Crippen MR) is 120 cm³/mol. The highest BCUT2D eigenvalue weighted by molar-refractivity contribution is 5.84. The molecule has 0 bridgehead atoms. The van der Waals surface area contributed by atoms with E-state index >= 15 is 0 Å². The highest BCUT2D eigenvalue weighted by atomic mass is 19.4. The normalized spacial score (nSPS) is 15.8. The number of alkyl halides is 3. The largest absolute Gasteiger partial charge is 0.494 e. The van der Waals surface area contributed by atoms with Gasteiger partial charge in [0.05, 0.1) is 6.61 Å². The average molecular weight is 451 g/mol. The molecule has 7 heteroatoms. The standard InChI is InChI=1S/C25H33F3N2O2/c1-2-3-4-5-6-7-8-9-16-32-22-13-12-19-17-21(11-10-20(19)18-22)24(25(26,27)28)30-15-14-23(31)29-30/h10-13,17-18,24H,2-9,14-16H2,1H3,(H,29,31). The first-order chi connectivity index (χ1) is 15.4. The average Bonchev–Trinajstić information content (AvgIpc) is 3.17. The lowest BCUT2D eigenvalue weighted by atomic mass is 10.0. The molecule has 3 rings (SSSR count). The van der Waals surface area contributed by atoms with Crippen molar-refractivity contribution in [1.29, 1.82) is 0 Å². The fraction of sp³-hybridized carbons (Fsp3) is 0.560. The Morgan fingerprint density at radius 2 is 1.62 bits per heavy atom. The van der Waals surface area contributed by atoms with Crippen molar-refractivity contribution in [2.24, 2.45) is 0 Å². The molecule has 1 amide bonds. The number of rotatable bonds is 12. The minimum absolute atomic E-state index is 0.0343. The van der Waals surface area contributed by atoms with Gasteiger partial charge >= 0.3 is 6.18 Å². The number of nitrogens with one attached hydrogen (secondary N) is 1. The van der Waals surface area contributed by atoms with Crippen LogP contribution in [0.1, 0.15) is 76.3 Å². The molecule has 176 valence electrons. The Kier molecular flexibility index (Phi) is 8.79. The summed E-state index contributed by atoms with van der Waals surface area (Å²) in [5, 5.41) is 2.51. The zero-order valence-corrected chi connectivity index (χ0v) is 18.7. The molecule has 1 saturated heterocycles. The quantitative estimate of drug-likeness (QED) is 0.366. The van der Waals surface area contributed by atoms with Gasteiger partial charge in [0.15, 0.2) is 0 Å². The summed E-state index contributed by atoms with van der Waals surface area (Å²) in [4.78, 5) is 11.4. The number of hydrogen-bond donors (Lipinski definition) is 1. The lowest BCUT2D eigenvalue weighted by Gasteiger charge is -2.29. The van der Waals surface area contributed by atoms with E-state index in [0.29, 0.717) is 12.0 Å². The maximum Gasteiger partial charge on any atom is 0.409 e. The van der Waals surface area contributed by atoms with Gasteiger partial charge in [-0.15, -0.1) is 0 Å². The van der Waals surface area contributed by atoms with Crippen LogP contribution in [-0.2, 0) is 4.79 Å². The SMILES string of the molecule is CCCCCCCCCCOc1ccc2cc(C(N3CCC(=O)N3)C(F)(F)F)ccc2c1. The number of nitrogens with zero attached hydrogens (tertiary/aromatic N) is 1. The van der Waals surface area contributed by atoms with Crippen LogP contribution in [0.15, 0.2) is 36.4 Å². The van der Waals surface area contributed by atoms with Crippen LogP contribution < -0.4 is 10.2 Å². The summed E-state index contributed by atoms with van der Waals surface area (Å²) in [5.41, 5.74) is 2.43. The Bertz CT molecular complexity index is 885. The second-order valence-corrected chi connectivity index (χ2v) is 8.51. The van der Waals surface area contributed by atoms with Crippen molar-refractivity contribution < 1.29 is 22.7 Å². The molecule has 1 aliphatic heterocycles. The minimum atomic E-state index is -4.50. The first-order valence-corrected chi connectivity index (χ1v) is 11.7. The fourth-order valence-electron chi connectivity index (χ4n) is 4.16. The highest BCUT2D eigenvalue weighted by Gasteiger charge is 2.46. The lowest BCUT2D eigenvalue weighted by Crippen LogP contribution is -2.43. The van der Waals surface area contributed by atoms with Gasteiger partial charge < -0.3 is 4.74 Å². The molecule has 1 heterocycles. The van der Waals surface area contributed by atoms with Crippen molar-refractivity contribution in [3.05, 3.63) is 42.0 Å². The van der Waals surface area contributed by atoms with Gasteiger partial charge in [0.1, 0.15) is 11.8 Å². The van der Waals surface area contributed by atoms with Crippen molar-refractivity contribution in [2.45, 2.75) is 76.9 Å². The third kappa shape index (κ3) is 6.86. The lowest BCUT2D eigenvalue weighted by molar-refractivity contribution is -0.191. The molecule has 32 heavy (non-hydrogen) atoms. The molecule has 1 fully saturated rings. The first-order valence-electron chi connectivity index (χ1n) is 11.7. The van der Waals surface area contributed by atoms with Crippen molar-refractivity contribution >= 4 is 16.7 Å². The molecule has 0 aromatic heterocycles. The maximum atomic E-state index is 13.7. The van der Waals surface area contributed by atoms with Crippen LogP contribution in [0.2, 0.25) is 0 Å². The number of fused-ring (bicyclic) bond motifs is 1. The molecule has 0 aliphatic carbocycles. The molecule has 0 spiro atoms. The number of carbonyl (C=O) groups excluding carboxylic acids is 1. The first kappa shape index (κ1) is 24.4. The van der Waals surface area contributed by atoms with Gasteiger partial charge in [0.25, 0.3) is 0 Å². The van der Waals surface area contributed by atoms with Crippen LogP contribution in [0.3, 0.4) is 0 Å². The number of benzene rings is 2. The van der Waals surface area contributed by atoms with Crippen LogP contribution in [0, 0.1) is 0 Å². The molecular weight excluding hydrogens is 417 g/mol. The number of hydrogen-bond acceptors (Lipinski definition) is 3. The van der Waals surface area contributed by atoms with E-state index in [1.54, 1.807) is 24.3 Å². The van der Waals surface area contributed by atoms with E-state index in [1.165, 1.54) is 44.6 Å². The monoisotopic (exact) mass is 450 g/mol. The molecule has 0 saturated carbocycles. The third-order valence-electron chi connectivity index (χ3n) is 5.89. The molecule has 0 radical (unpaired) electrons. The van der Waals surface area contributed by atoms with Crippen molar-refractivity contribution in [3.8, 4) is 5.75 Å². The van der Waals surface area contributed by atoms with Gasteiger partial charge in [-0.25, -0.2) is 5.01 Å². The Labute approximate surface area is 188 Å². The summed E-state index contributed by atoms with van der Waals surface area (Å²) in [6.07, 6.45) is 5.43. The van der Waals surface area contributed by atoms with Crippen LogP contribution >= 0.6 is 0 Å². The Morgan fingerprint density at radius 1 is 0.969 bits per heavy atom. The fourth-order valence-corrected chi connectivity index (χ4v) is 4.16. The Balaban J connectivity index is 1.56. The molecule has 4 nitrogen and oxygen atoms in total. The molecule has 2 aromatic carbocycles. The number of amides is 1. The third-order valence-corrected chi connectivity index (χ3v) is 5.89. The summed E-state index contributed by atoms with van der Waals surface area (Å²) in [6.45, 7) is 2.90. The molecule has 1 aliphatic rings. The van der Waals surface area contributed by atoms with Gasteiger partial charge in [-0.2, -0.15) is 13.2 Å². The highest BCUT2D eigenvalue weighted by Crippen LogP contribution is 2.39. The Hall–Kier alpha value is -2.28. The van der Waals surface area contributed by atoms with Gasteiger partial charge in [0.2, 0.25) is 5.91 Å². The smallest absolute Gasteiger partial charge is 0.409 e. The summed E-state index contributed by atoms with van der Waals surface area (Å²) < 4.78 is 47.1. The van der Waals surface area contributed by atoms with E-state index in [9.17, 15) is 18.0 Å². The van der Waals surface area contributed by atoms with E-state index < -0.39 is 18.1 Å². The zero-order chi connectivity index (χ0) is 23.0. The van der Waals surface area contributed by atoms with Gasteiger partial charge in [-0.3, -0.25) is 10.2 Å². The molecular formula is C25H33F3N2O2. The number of ether oxygens (including phenoxy) is 1. The number of unbranched alkanes of at least 4 members (excludes halogenated alkanes) is 7. The van der Waals surface area contributed by atoms with E-state index in [0.717, 1.165) is 29.0 Å². The summed E-state index contributed by atoms with van der Waals surface area (Å²) in [6, 6.07) is 8.30. The topological polar surface area (TPSA) is 41.6 Å². The number of halogens is 3. The van der Waals surface area contributed by atoms with Gasteiger partial charge in [-0.05, 0) is 41.0 Å². The van der Waals surface area contributed by atoms with E-state index in [-0.39, 0.29) is 18.5 Å². The summed E-state index contributed by atoms with van der Waals surface area (Å²) in [5.74, 6) is 0.339. The van der Waals surface area contributed by atoms with Crippen molar-refractivity contribution in [2.75, 3.05) is 13.2 Å². The van der Waals surface area contributed by atoms with Crippen LogP contribution in [0.5, 0.6) is 5.75 Å². The summed E-state index contributed by atoms with van der Waals surface area (Å²) >= 11 is 0. The molecule has 1 unspecified atom stereocenters. The second-order valence-electron chi connectivity index (χ2n) is 8.51. The minimum Gasteiger partial charge on any atom is -0.494 e. The van der Waals surface area contributed by atoms with Crippen molar-refractivity contribution in [1.82, 2.24) is 10.4 Å². The number of hydrazine groups is 1. The van der Waals surface area contributed by atoms with Crippen LogP contribution in [0.25, 0.3) is 10.8 Å². The maximum absolute atomic E-state index is 13.7. The van der Waals surface area contributed by atoms with E-state index in [4.69, 9.17) is 4.74 Å². The van der Waals surface area contributed by atoms with Gasteiger partial charge in [-0.1, -0.05) is 70.1 Å². The van der Waals surface area contributed by atoms with E-state index in [2.05, 4.69) is 12.3 Å². The van der Waals surface area contributed by atoms with Crippen molar-refractivity contribution in [3.63, 3.8) is 0 Å².